The van der Waals surface area contributed by atoms with Gasteiger partial charge in [-0.15, -0.1) is 0 Å². The molecule has 6 nitrogen and oxygen atoms in total. The van der Waals surface area contributed by atoms with Gasteiger partial charge in [-0.1, -0.05) is 17.7 Å². The highest BCUT2D eigenvalue weighted by molar-refractivity contribution is 6.33. The van der Waals surface area contributed by atoms with Gasteiger partial charge >= 0.3 is 0 Å². The molecule has 2 aromatic rings. The van der Waals surface area contributed by atoms with Crippen molar-refractivity contribution >= 4 is 23.2 Å². The summed E-state index contributed by atoms with van der Waals surface area (Å²) in [7, 11) is 0. The van der Waals surface area contributed by atoms with Crippen molar-refractivity contribution in [1.82, 2.24) is 15.3 Å². The summed E-state index contributed by atoms with van der Waals surface area (Å²) in [5, 5.41) is 7.33. The Bertz CT molecular complexity index is 943. The summed E-state index contributed by atoms with van der Waals surface area (Å²) < 4.78 is 5.82. The van der Waals surface area contributed by atoms with Crippen molar-refractivity contribution in [3.8, 4) is 11.3 Å². The van der Waals surface area contributed by atoms with Crippen molar-refractivity contribution in [3.63, 3.8) is 0 Å². The number of nitrogens with one attached hydrogen (secondary N) is 2. The van der Waals surface area contributed by atoms with Gasteiger partial charge in [0.25, 0.3) is 0 Å². The predicted octanol–water partition coefficient (Wildman–Crippen LogP) is 4.53. The van der Waals surface area contributed by atoms with Gasteiger partial charge in [-0.25, -0.2) is 4.98 Å². The summed E-state index contributed by atoms with van der Waals surface area (Å²) in [6.07, 6.45) is 6.04. The first-order valence-electron chi connectivity index (χ1n) is 11.6. The number of carbonyl (C=O) groups is 1. The number of ketones is 1. The molecule has 0 radical (unpaired) electrons. The van der Waals surface area contributed by atoms with Crippen LogP contribution in [-0.2, 0) is 16.0 Å². The monoisotopic (exact) mass is 456 g/mol. The van der Waals surface area contributed by atoms with Crippen LogP contribution in [0.15, 0.2) is 30.5 Å². The van der Waals surface area contributed by atoms with Gasteiger partial charge in [0.1, 0.15) is 11.6 Å². The lowest BCUT2D eigenvalue weighted by Crippen LogP contribution is -2.36. The van der Waals surface area contributed by atoms with E-state index >= 15 is 0 Å². The quantitative estimate of drug-likeness (QED) is 0.637. The van der Waals surface area contributed by atoms with Gasteiger partial charge in [0.05, 0.1) is 16.3 Å². The summed E-state index contributed by atoms with van der Waals surface area (Å²) in [4.78, 5) is 21.9. The summed E-state index contributed by atoms with van der Waals surface area (Å²) >= 11 is 6.47. The van der Waals surface area contributed by atoms with Gasteiger partial charge in [-0.05, 0) is 70.2 Å². The van der Waals surface area contributed by atoms with Crippen molar-refractivity contribution in [2.24, 2.45) is 11.8 Å². The smallest absolute Gasteiger partial charge is 0.143 e. The Labute approximate surface area is 195 Å². The van der Waals surface area contributed by atoms with Crippen molar-refractivity contribution in [2.75, 3.05) is 31.6 Å². The Hall–Kier alpha value is -2.02. The number of rotatable bonds is 7. The highest BCUT2D eigenvalue weighted by Gasteiger charge is 2.28. The van der Waals surface area contributed by atoms with Crippen LogP contribution in [0.1, 0.15) is 45.2 Å². The number of Topliss-reactive ketones (excluding diaryl/α,β-unsaturated/α-hetero) is 1. The van der Waals surface area contributed by atoms with E-state index in [0.29, 0.717) is 17.4 Å². The van der Waals surface area contributed by atoms with Gasteiger partial charge in [0.2, 0.25) is 0 Å². The molecule has 172 valence electrons. The van der Waals surface area contributed by atoms with Crippen molar-refractivity contribution in [2.45, 2.75) is 51.6 Å². The van der Waals surface area contributed by atoms with Crippen molar-refractivity contribution < 1.29 is 9.53 Å². The molecule has 2 atom stereocenters. The first kappa shape index (κ1) is 23.1. The van der Waals surface area contributed by atoms with Crippen LogP contribution in [0.25, 0.3) is 11.3 Å². The lowest BCUT2D eigenvalue weighted by atomic mass is 9.88. The SMILES string of the molecule is CC1(C)C[C@@H](CNc2cccc(-c3cc(CC(=O)[C@@H]4CCCNC4)ncc3Cl)n2)CCO1. The summed E-state index contributed by atoms with van der Waals surface area (Å²) in [6.45, 7) is 7.72. The van der Waals surface area contributed by atoms with Crippen LogP contribution in [-0.4, -0.2) is 47.6 Å². The molecule has 0 bridgehead atoms. The van der Waals surface area contributed by atoms with Gasteiger partial charge in [0, 0.05) is 49.5 Å². The highest BCUT2D eigenvalue weighted by atomic mass is 35.5. The summed E-state index contributed by atoms with van der Waals surface area (Å²) in [6, 6.07) is 7.81. The third kappa shape index (κ3) is 6.06. The van der Waals surface area contributed by atoms with E-state index in [0.717, 1.165) is 74.7 Å². The van der Waals surface area contributed by atoms with E-state index in [4.69, 9.17) is 21.3 Å². The van der Waals surface area contributed by atoms with Gasteiger partial charge in [-0.3, -0.25) is 9.78 Å². The van der Waals surface area contributed by atoms with E-state index in [1.54, 1.807) is 6.20 Å². The molecule has 4 rings (SSSR count). The van der Waals surface area contributed by atoms with E-state index in [2.05, 4.69) is 29.5 Å². The van der Waals surface area contributed by atoms with Crippen LogP contribution in [0.4, 0.5) is 5.82 Å². The molecule has 0 aliphatic carbocycles. The van der Waals surface area contributed by atoms with E-state index in [9.17, 15) is 4.79 Å². The molecule has 0 unspecified atom stereocenters. The normalized spacial score (nSPS) is 23.0. The van der Waals surface area contributed by atoms with Gasteiger partial charge < -0.3 is 15.4 Å². The fraction of sp³-hybridized carbons (Fsp3) is 0.560. The maximum absolute atomic E-state index is 12.7. The Morgan fingerprint density at radius 1 is 1.34 bits per heavy atom. The van der Waals surface area contributed by atoms with E-state index in [1.807, 2.05) is 24.3 Å². The van der Waals surface area contributed by atoms with E-state index in [1.165, 1.54) is 0 Å². The molecular formula is C25H33ClN4O2. The fourth-order valence-corrected chi connectivity index (χ4v) is 4.89. The Balaban J connectivity index is 1.43. The first-order chi connectivity index (χ1) is 15.4. The molecule has 2 aromatic heterocycles. The molecule has 7 heteroatoms. The lowest BCUT2D eigenvalue weighted by Gasteiger charge is -2.35. The van der Waals surface area contributed by atoms with Crippen LogP contribution >= 0.6 is 11.6 Å². The number of ether oxygens (including phenoxy) is 1. The minimum atomic E-state index is -0.0635. The molecule has 2 aliphatic heterocycles. The van der Waals surface area contributed by atoms with Crippen LogP contribution < -0.4 is 10.6 Å². The first-order valence-corrected chi connectivity index (χ1v) is 12.0. The number of halogens is 1. The zero-order chi connectivity index (χ0) is 22.6. The zero-order valence-electron chi connectivity index (χ0n) is 19.0. The van der Waals surface area contributed by atoms with Crippen molar-refractivity contribution in [1.29, 1.82) is 0 Å². The maximum Gasteiger partial charge on any atom is 0.143 e. The number of carbonyl (C=O) groups excluding carboxylic acids is 1. The van der Waals surface area contributed by atoms with Crippen LogP contribution in [0.3, 0.4) is 0 Å². The molecule has 32 heavy (non-hydrogen) atoms. The molecule has 0 saturated carbocycles. The fourth-order valence-electron chi connectivity index (χ4n) is 4.69. The second-order valence-corrected chi connectivity index (χ2v) is 10.0. The average molecular weight is 457 g/mol. The largest absolute Gasteiger partial charge is 0.376 e. The Morgan fingerprint density at radius 2 is 2.22 bits per heavy atom. The molecule has 2 fully saturated rings. The molecule has 0 amide bonds. The molecule has 0 aromatic carbocycles. The lowest BCUT2D eigenvalue weighted by molar-refractivity contribution is -0.122. The molecule has 2 N–H and O–H groups in total. The minimum absolute atomic E-state index is 0.0635. The molecular weight excluding hydrogens is 424 g/mol. The van der Waals surface area contributed by atoms with Gasteiger partial charge in [0.15, 0.2) is 0 Å². The maximum atomic E-state index is 12.7. The van der Waals surface area contributed by atoms with E-state index in [-0.39, 0.29) is 17.3 Å². The van der Waals surface area contributed by atoms with Crippen molar-refractivity contribution in [3.05, 3.63) is 41.2 Å². The Kier molecular flexibility index (Phi) is 7.44. The average Bonchev–Trinajstić information content (AvgIpc) is 2.79. The second-order valence-electron chi connectivity index (χ2n) is 9.60. The van der Waals surface area contributed by atoms with E-state index < -0.39 is 0 Å². The number of hydrogen-bond acceptors (Lipinski definition) is 6. The number of nitrogens with zero attached hydrogens (tertiary/aromatic N) is 2. The molecule has 4 heterocycles. The minimum Gasteiger partial charge on any atom is -0.376 e. The third-order valence-electron chi connectivity index (χ3n) is 6.42. The number of piperidine rings is 1. The Morgan fingerprint density at radius 3 is 3.00 bits per heavy atom. The summed E-state index contributed by atoms with van der Waals surface area (Å²) in [5.74, 6) is 1.69. The zero-order valence-corrected chi connectivity index (χ0v) is 19.8. The second kappa shape index (κ2) is 10.3. The number of aromatic nitrogens is 2. The summed E-state index contributed by atoms with van der Waals surface area (Å²) in [5.41, 5.74) is 2.26. The topological polar surface area (TPSA) is 76.1 Å². The highest BCUT2D eigenvalue weighted by Crippen LogP contribution is 2.30. The van der Waals surface area contributed by atoms with Crippen LogP contribution in [0.5, 0.6) is 0 Å². The van der Waals surface area contributed by atoms with Crippen LogP contribution in [0, 0.1) is 11.8 Å². The third-order valence-corrected chi connectivity index (χ3v) is 6.72. The standard InChI is InChI=1S/C25H33ClN4O2/c1-25(2)13-17(8-10-32-25)14-29-24-7-3-6-22(30-24)20-11-19(28-16-21(20)26)12-23(31)18-5-4-9-27-15-18/h3,6-7,11,16-18,27H,4-5,8-10,12-15H2,1-2H3,(H,29,30)/t17-,18+/m0/s1. The molecule has 2 saturated heterocycles. The molecule has 2 aliphatic rings. The number of hydrogen-bond donors (Lipinski definition) is 2. The predicted molar refractivity (Wildman–Crippen MR) is 128 cm³/mol. The number of pyridine rings is 2. The molecule has 0 spiro atoms. The van der Waals surface area contributed by atoms with Gasteiger partial charge in [-0.2, -0.15) is 0 Å². The van der Waals surface area contributed by atoms with Crippen LogP contribution in [0.2, 0.25) is 5.02 Å². The number of anilines is 1.